The summed E-state index contributed by atoms with van der Waals surface area (Å²) in [5, 5.41) is 0.648. The van der Waals surface area contributed by atoms with E-state index < -0.39 is 0 Å². The van der Waals surface area contributed by atoms with E-state index in [1.807, 2.05) is 0 Å². The predicted octanol–water partition coefficient (Wildman–Crippen LogP) is 4.05. The fourth-order valence-electron chi connectivity index (χ4n) is 2.15. The fraction of sp³-hybridized carbons (Fsp3) is 1.00. The quantitative estimate of drug-likeness (QED) is 0.602. The summed E-state index contributed by atoms with van der Waals surface area (Å²) >= 11 is 12.2. The van der Waals surface area contributed by atoms with E-state index in [1.165, 1.54) is 19.3 Å². The Balaban J connectivity index is 2.34. The highest BCUT2D eigenvalue weighted by Crippen LogP contribution is 2.34. The maximum Gasteiger partial charge on any atom is 0.0352 e. The number of rotatable bonds is 2. The summed E-state index contributed by atoms with van der Waals surface area (Å²) < 4.78 is 0. The van der Waals surface area contributed by atoms with Crippen LogP contribution in [-0.2, 0) is 0 Å². The first kappa shape index (κ1) is 10.7. The molecule has 0 N–H and O–H groups in total. The number of hydrogen-bond acceptors (Lipinski definition) is 0. The Hall–Kier alpha value is 0.580. The molecular weight excluding hydrogens is 191 g/mol. The van der Waals surface area contributed by atoms with Crippen LogP contribution in [0.2, 0.25) is 0 Å². The molecule has 1 fully saturated rings. The smallest absolute Gasteiger partial charge is 0.0352 e. The zero-order chi connectivity index (χ0) is 9.14. The van der Waals surface area contributed by atoms with Crippen molar-refractivity contribution in [3.05, 3.63) is 0 Å². The van der Waals surface area contributed by atoms with Gasteiger partial charge in [0.25, 0.3) is 0 Å². The molecule has 1 saturated carbocycles. The lowest BCUT2D eigenvalue weighted by Crippen LogP contribution is -2.24. The molecule has 0 amide bonds. The average Bonchev–Trinajstić information content (AvgIpc) is 1.81. The van der Waals surface area contributed by atoms with Crippen LogP contribution >= 0.6 is 23.2 Å². The van der Waals surface area contributed by atoms with Crippen LogP contribution in [0.1, 0.15) is 39.5 Å². The molecule has 0 bridgehead atoms. The van der Waals surface area contributed by atoms with Gasteiger partial charge in [0.2, 0.25) is 0 Å². The van der Waals surface area contributed by atoms with Crippen LogP contribution in [-0.4, -0.2) is 10.8 Å². The molecule has 1 aliphatic carbocycles. The highest BCUT2D eigenvalue weighted by Gasteiger charge is 2.26. The van der Waals surface area contributed by atoms with Crippen LogP contribution in [0.5, 0.6) is 0 Å². The normalized spacial score (nSPS) is 37.2. The topological polar surface area (TPSA) is 0 Å². The first-order chi connectivity index (χ1) is 5.58. The van der Waals surface area contributed by atoms with Crippen molar-refractivity contribution >= 4 is 23.2 Å². The fourth-order valence-corrected chi connectivity index (χ4v) is 3.17. The minimum Gasteiger partial charge on any atom is -0.123 e. The van der Waals surface area contributed by atoms with Gasteiger partial charge in [0.1, 0.15) is 0 Å². The molecule has 0 nitrogen and oxygen atoms in total. The SMILES string of the molecule is CC(C)CC1CC(Cl)CC(Cl)C1. The van der Waals surface area contributed by atoms with Crippen molar-refractivity contribution in [1.82, 2.24) is 0 Å². The summed E-state index contributed by atoms with van der Waals surface area (Å²) in [6, 6.07) is 0. The van der Waals surface area contributed by atoms with Gasteiger partial charge in [-0.3, -0.25) is 0 Å². The maximum absolute atomic E-state index is 6.11. The standard InChI is InChI=1S/C10H18Cl2/c1-7(2)3-8-4-9(11)6-10(12)5-8/h7-10H,3-6H2,1-2H3. The molecule has 0 heterocycles. The van der Waals surface area contributed by atoms with E-state index in [1.54, 1.807) is 0 Å². The van der Waals surface area contributed by atoms with Gasteiger partial charge in [-0.05, 0) is 37.5 Å². The van der Waals surface area contributed by atoms with Gasteiger partial charge in [0.05, 0.1) is 0 Å². The summed E-state index contributed by atoms with van der Waals surface area (Å²) in [4.78, 5) is 0. The Morgan fingerprint density at radius 2 is 1.58 bits per heavy atom. The second kappa shape index (κ2) is 4.72. The van der Waals surface area contributed by atoms with E-state index >= 15 is 0 Å². The first-order valence-corrected chi connectivity index (χ1v) is 5.73. The second-order valence-electron chi connectivity index (χ2n) is 4.40. The van der Waals surface area contributed by atoms with E-state index in [-0.39, 0.29) is 0 Å². The van der Waals surface area contributed by atoms with Crippen molar-refractivity contribution in [2.75, 3.05) is 0 Å². The van der Waals surface area contributed by atoms with E-state index in [9.17, 15) is 0 Å². The molecule has 0 radical (unpaired) electrons. The molecule has 0 aliphatic heterocycles. The molecule has 72 valence electrons. The Morgan fingerprint density at radius 1 is 1.08 bits per heavy atom. The largest absolute Gasteiger partial charge is 0.123 e. The highest BCUT2D eigenvalue weighted by molar-refractivity contribution is 6.23. The molecular formula is C10H18Cl2. The van der Waals surface area contributed by atoms with Crippen molar-refractivity contribution in [3.8, 4) is 0 Å². The Kier molecular flexibility index (Phi) is 4.19. The van der Waals surface area contributed by atoms with Gasteiger partial charge in [-0.15, -0.1) is 23.2 Å². The zero-order valence-corrected chi connectivity index (χ0v) is 9.41. The van der Waals surface area contributed by atoms with Crippen LogP contribution in [0, 0.1) is 11.8 Å². The van der Waals surface area contributed by atoms with Crippen molar-refractivity contribution in [3.63, 3.8) is 0 Å². The summed E-state index contributed by atoms with van der Waals surface area (Å²) in [5.41, 5.74) is 0. The summed E-state index contributed by atoms with van der Waals surface area (Å²) in [5.74, 6) is 1.55. The van der Waals surface area contributed by atoms with Gasteiger partial charge in [-0.1, -0.05) is 13.8 Å². The van der Waals surface area contributed by atoms with E-state index in [2.05, 4.69) is 13.8 Å². The van der Waals surface area contributed by atoms with E-state index in [0.717, 1.165) is 18.3 Å². The number of alkyl halides is 2. The molecule has 0 aromatic carbocycles. The van der Waals surface area contributed by atoms with E-state index in [0.29, 0.717) is 10.8 Å². The summed E-state index contributed by atoms with van der Waals surface area (Å²) in [7, 11) is 0. The van der Waals surface area contributed by atoms with Gasteiger partial charge in [0.15, 0.2) is 0 Å². The Labute approximate surface area is 85.6 Å². The van der Waals surface area contributed by atoms with Gasteiger partial charge < -0.3 is 0 Å². The molecule has 0 spiro atoms. The third kappa shape index (κ3) is 3.53. The van der Waals surface area contributed by atoms with Gasteiger partial charge >= 0.3 is 0 Å². The molecule has 0 aromatic rings. The molecule has 2 heteroatoms. The lowest BCUT2D eigenvalue weighted by atomic mass is 9.83. The van der Waals surface area contributed by atoms with E-state index in [4.69, 9.17) is 23.2 Å². The molecule has 12 heavy (non-hydrogen) atoms. The second-order valence-corrected chi connectivity index (χ2v) is 5.63. The van der Waals surface area contributed by atoms with Gasteiger partial charge in [0, 0.05) is 10.8 Å². The van der Waals surface area contributed by atoms with Crippen LogP contribution in [0.25, 0.3) is 0 Å². The minimum atomic E-state index is 0.324. The molecule has 1 aliphatic rings. The highest BCUT2D eigenvalue weighted by atomic mass is 35.5. The molecule has 1 rings (SSSR count). The number of halogens is 2. The predicted molar refractivity (Wildman–Crippen MR) is 56.1 cm³/mol. The van der Waals surface area contributed by atoms with Crippen LogP contribution < -0.4 is 0 Å². The molecule has 2 unspecified atom stereocenters. The third-order valence-electron chi connectivity index (χ3n) is 2.49. The first-order valence-electron chi connectivity index (χ1n) is 4.86. The van der Waals surface area contributed by atoms with Crippen molar-refractivity contribution in [1.29, 1.82) is 0 Å². The zero-order valence-electron chi connectivity index (χ0n) is 7.89. The van der Waals surface area contributed by atoms with Crippen molar-refractivity contribution in [2.45, 2.75) is 50.3 Å². The number of hydrogen-bond donors (Lipinski definition) is 0. The van der Waals surface area contributed by atoms with Gasteiger partial charge in [-0.2, -0.15) is 0 Å². The monoisotopic (exact) mass is 208 g/mol. The summed E-state index contributed by atoms with van der Waals surface area (Å²) in [6.45, 7) is 4.53. The Morgan fingerprint density at radius 3 is 2.00 bits per heavy atom. The maximum atomic E-state index is 6.11. The van der Waals surface area contributed by atoms with Crippen LogP contribution in [0.3, 0.4) is 0 Å². The lowest BCUT2D eigenvalue weighted by Gasteiger charge is -2.29. The van der Waals surface area contributed by atoms with Crippen LogP contribution in [0.4, 0.5) is 0 Å². The van der Waals surface area contributed by atoms with Crippen molar-refractivity contribution in [2.24, 2.45) is 11.8 Å². The molecule has 0 saturated heterocycles. The van der Waals surface area contributed by atoms with Crippen molar-refractivity contribution < 1.29 is 0 Å². The minimum absolute atomic E-state index is 0.324. The van der Waals surface area contributed by atoms with Gasteiger partial charge in [-0.25, -0.2) is 0 Å². The molecule has 2 atom stereocenters. The summed E-state index contributed by atoms with van der Waals surface area (Å²) in [6.07, 6.45) is 4.62. The average molecular weight is 209 g/mol. The Bertz CT molecular complexity index is 121. The lowest BCUT2D eigenvalue weighted by molar-refractivity contribution is 0.312. The molecule has 0 aromatic heterocycles. The third-order valence-corrected chi connectivity index (χ3v) is 3.21. The van der Waals surface area contributed by atoms with Crippen LogP contribution in [0.15, 0.2) is 0 Å².